The van der Waals surface area contributed by atoms with Crippen LogP contribution in [-0.2, 0) is 9.59 Å². The molecule has 152 valence electrons. The van der Waals surface area contributed by atoms with Crippen molar-refractivity contribution in [2.75, 3.05) is 43.1 Å². The predicted octanol–water partition coefficient (Wildman–Crippen LogP) is 3.46. The average molecular weight is 434 g/mol. The molecule has 1 atom stereocenters. The Morgan fingerprint density at radius 3 is 2.28 bits per heavy atom. The molecule has 2 aromatic rings. The number of anilines is 2. The molecule has 0 radical (unpaired) electrons. The summed E-state index contributed by atoms with van der Waals surface area (Å²) in [6, 6.07) is 12.2. The van der Waals surface area contributed by atoms with Crippen molar-refractivity contribution >= 4 is 46.4 Å². The van der Waals surface area contributed by atoms with Crippen LogP contribution in [0.3, 0.4) is 0 Å². The fourth-order valence-corrected chi connectivity index (χ4v) is 4.52. The van der Waals surface area contributed by atoms with Crippen LogP contribution in [0.4, 0.5) is 11.4 Å². The smallest absolute Gasteiger partial charge is 0.251 e. The highest BCUT2D eigenvalue weighted by atomic mass is 35.5. The number of hydrogen-bond donors (Lipinski definition) is 0. The van der Waals surface area contributed by atoms with Gasteiger partial charge in [-0.2, -0.15) is 0 Å². The first kappa shape index (κ1) is 20.0. The topological polar surface area (TPSA) is 53.1 Å². The van der Waals surface area contributed by atoms with Gasteiger partial charge in [0.2, 0.25) is 5.91 Å². The van der Waals surface area contributed by atoms with E-state index in [1.807, 2.05) is 24.3 Å². The maximum Gasteiger partial charge on any atom is 0.251 e. The summed E-state index contributed by atoms with van der Waals surface area (Å²) < 4.78 is 5.46. The minimum absolute atomic E-state index is 0.164. The summed E-state index contributed by atoms with van der Waals surface area (Å²) in [6.45, 7) is 2.88. The molecule has 0 spiro atoms. The quantitative estimate of drug-likeness (QED) is 0.691. The van der Waals surface area contributed by atoms with E-state index in [1.165, 1.54) is 4.90 Å². The highest BCUT2D eigenvalue weighted by Crippen LogP contribution is 2.32. The van der Waals surface area contributed by atoms with Crippen LogP contribution in [0.1, 0.15) is 6.42 Å². The molecule has 2 aliphatic heterocycles. The minimum Gasteiger partial charge on any atom is -0.495 e. The molecule has 2 saturated heterocycles. The first-order chi connectivity index (χ1) is 14.0. The zero-order chi connectivity index (χ0) is 20.5. The molecular weight excluding hydrogens is 413 g/mol. The summed E-state index contributed by atoms with van der Waals surface area (Å²) in [6.07, 6.45) is 0.164. The summed E-state index contributed by atoms with van der Waals surface area (Å²) in [4.78, 5) is 31.2. The third-order valence-corrected chi connectivity index (χ3v) is 5.85. The van der Waals surface area contributed by atoms with Gasteiger partial charge in [0.15, 0.2) is 0 Å². The van der Waals surface area contributed by atoms with Crippen molar-refractivity contribution in [1.82, 2.24) is 4.90 Å². The van der Waals surface area contributed by atoms with E-state index < -0.39 is 6.04 Å². The van der Waals surface area contributed by atoms with Gasteiger partial charge in [0, 0.05) is 36.2 Å². The third kappa shape index (κ3) is 3.92. The molecule has 2 aliphatic rings. The Morgan fingerprint density at radius 2 is 1.62 bits per heavy atom. The molecule has 0 unspecified atom stereocenters. The van der Waals surface area contributed by atoms with Crippen LogP contribution in [0.5, 0.6) is 5.75 Å². The number of carbonyl (C=O) groups is 2. The van der Waals surface area contributed by atoms with Crippen LogP contribution in [0, 0.1) is 0 Å². The number of halogens is 2. The van der Waals surface area contributed by atoms with Crippen LogP contribution in [0.25, 0.3) is 0 Å². The fourth-order valence-electron chi connectivity index (χ4n) is 4.01. The number of nitrogens with zero attached hydrogens (tertiary/aromatic N) is 3. The molecule has 0 N–H and O–H groups in total. The lowest BCUT2D eigenvalue weighted by Gasteiger charge is -2.38. The summed E-state index contributed by atoms with van der Waals surface area (Å²) in [7, 11) is 1.66. The van der Waals surface area contributed by atoms with Gasteiger partial charge in [0.25, 0.3) is 5.91 Å². The zero-order valence-electron chi connectivity index (χ0n) is 16.0. The van der Waals surface area contributed by atoms with E-state index in [0.29, 0.717) is 28.8 Å². The van der Waals surface area contributed by atoms with Crippen molar-refractivity contribution < 1.29 is 14.3 Å². The first-order valence-corrected chi connectivity index (χ1v) is 10.2. The number of piperazine rings is 1. The molecule has 0 bridgehead atoms. The third-order valence-electron chi connectivity index (χ3n) is 5.41. The number of ether oxygens (including phenoxy) is 1. The van der Waals surface area contributed by atoms with Crippen molar-refractivity contribution in [2.45, 2.75) is 12.5 Å². The second-order valence-electron chi connectivity index (χ2n) is 7.11. The van der Waals surface area contributed by atoms with Gasteiger partial charge >= 0.3 is 0 Å². The zero-order valence-corrected chi connectivity index (χ0v) is 17.5. The Balaban J connectivity index is 1.47. The number of imide groups is 1. The van der Waals surface area contributed by atoms with Crippen LogP contribution < -0.4 is 14.5 Å². The molecule has 0 aromatic heterocycles. The number of amides is 2. The van der Waals surface area contributed by atoms with Crippen molar-refractivity contribution in [3.8, 4) is 5.75 Å². The summed E-state index contributed by atoms with van der Waals surface area (Å²) in [5.41, 5.74) is 1.46. The monoisotopic (exact) mass is 433 g/mol. The normalized spacial score (nSPS) is 20.4. The van der Waals surface area contributed by atoms with Crippen LogP contribution in [-0.4, -0.2) is 56.0 Å². The largest absolute Gasteiger partial charge is 0.495 e. The van der Waals surface area contributed by atoms with Crippen LogP contribution >= 0.6 is 23.2 Å². The Morgan fingerprint density at radius 1 is 0.966 bits per heavy atom. The lowest BCUT2D eigenvalue weighted by Crippen LogP contribution is -2.52. The van der Waals surface area contributed by atoms with Crippen LogP contribution in [0.15, 0.2) is 42.5 Å². The maximum absolute atomic E-state index is 13.0. The molecule has 2 fully saturated rings. The van der Waals surface area contributed by atoms with Gasteiger partial charge in [0.05, 0.1) is 30.9 Å². The van der Waals surface area contributed by atoms with Crippen LogP contribution in [0.2, 0.25) is 10.0 Å². The molecule has 2 aromatic carbocycles. The highest BCUT2D eigenvalue weighted by Gasteiger charge is 2.43. The Kier molecular flexibility index (Phi) is 5.67. The van der Waals surface area contributed by atoms with E-state index in [0.717, 1.165) is 24.5 Å². The van der Waals surface area contributed by atoms with Crippen molar-refractivity contribution in [2.24, 2.45) is 0 Å². The van der Waals surface area contributed by atoms with Gasteiger partial charge in [-0.1, -0.05) is 35.3 Å². The van der Waals surface area contributed by atoms with Gasteiger partial charge < -0.3 is 9.64 Å². The van der Waals surface area contributed by atoms with Gasteiger partial charge in [-0.25, -0.2) is 4.90 Å². The Labute approximate surface area is 179 Å². The number of rotatable bonds is 4. The summed E-state index contributed by atoms with van der Waals surface area (Å²) in [5.74, 6) is 0.377. The number of hydrogen-bond acceptors (Lipinski definition) is 5. The fraction of sp³-hybridized carbons (Fsp3) is 0.333. The summed E-state index contributed by atoms with van der Waals surface area (Å²) in [5, 5.41) is 0.781. The maximum atomic E-state index is 13.0. The summed E-state index contributed by atoms with van der Waals surface area (Å²) >= 11 is 12.1. The standard InChI is InChI=1S/C21H21Cl2N3O3/c1-29-19-5-3-2-4-17(19)24-6-8-25(9-7-24)18-13-20(27)26(21(18)28)16-11-14(22)10-15(23)12-16/h2-5,10-12,18H,6-9,13H2,1H3/t18-/m0/s1. The Hall–Kier alpha value is -2.28. The average Bonchev–Trinajstić information content (AvgIpc) is 3.01. The van der Waals surface area contributed by atoms with E-state index in [9.17, 15) is 9.59 Å². The second kappa shape index (κ2) is 8.22. The number of benzene rings is 2. The molecule has 2 heterocycles. The molecular formula is C21H21Cl2N3O3. The lowest BCUT2D eigenvalue weighted by atomic mass is 10.1. The molecule has 0 saturated carbocycles. The molecule has 2 amide bonds. The SMILES string of the molecule is COc1ccccc1N1CCN([C@H]2CC(=O)N(c3cc(Cl)cc(Cl)c3)C2=O)CC1. The van der Waals surface area contributed by atoms with Crippen molar-refractivity contribution in [3.63, 3.8) is 0 Å². The molecule has 0 aliphatic carbocycles. The molecule has 4 rings (SSSR count). The Bertz CT molecular complexity index is 924. The number of carbonyl (C=O) groups excluding carboxylic acids is 2. The lowest BCUT2D eigenvalue weighted by molar-refractivity contribution is -0.123. The number of methoxy groups -OCH3 is 1. The van der Waals surface area contributed by atoms with Gasteiger partial charge in [-0.3, -0.25) is 14.5 Å². The van der Waals surface area contributed by atoms with E-state index in [4.69, 9.17) is 27.9 Å². The molecule has 6 nitrogen and oxygen atoms in total. The van der Waals surface area contributed by atoms with E-state index in [1.54, 1.807) is 25.3 Å². The van der Waals surface area contributed by atoms with Gasteiger partial charge in [-0.05, 0) is 30.3 Å². The first-order valence-electron chi connectivity index (χ1n) is 9.43. The minimum atomic E-state index is -0.458. The van der Waals surface area contributed by atoms with Gasteiger partial charge in [0.1, 0.15) is 5.75 Å². The highest BCUT2D eigenvalue weighted by molar-refractivity contribution is 6.35. The van der Waals surface area contributed by atoms with Crippen molar-refractivity contribution in [3.05, 3.63) is 52.5 Å². The molecule has 29 heavy (non-hydrogen) atoms. The predicted molar refractivity (Wildman–Crippen MR) is 114 cm³/mol. The van der Waals surface area contributed by atoms with Crippen molar-refractivity contribution in [1.29, 1.82) is 0 Å². The van der Waals surface area contributed by atoms with E-state index >= 15 is 0 Å². The number of para-hydroxylation sites is 2. The molecule has 8 heteroatoms. The van der Waals surface area contributed by atoms with E-state index in [-0.39, 0.29) is 18.2 Å². The second-order valence-corrected chi connectivity index (χ2v) is 7.98. The van der Waals surface area contributed by atoms with Gasteiger partial charge in [-0.15, -0.1) is 0 Å². The van der Waals surface area contributed by atoms with E-state index in [2.05, 4.69) is 9.80 Å².